The molecule has 2 fully saturated rings. The molecule has 0 bridgehead atoms. The summed E-state index contributed by atoms with van der Waals surface area (Å²) in [5.41, 5.74) is 2.61. The van der Waals surface area contributed by atoms with E-state index >= 15 is 0 Å². The predicted octanol–water partition coefficient (Wildman–Crippen LogP) is 3.65. The van der Waals surface area contributed by atoms with Gasteiger partial charge in [-0.3, -0.25) is 14.5 Å². The fourth-order valence-electron chi connectivity index (χ4n) is 4.25. The van der Waals surface area contributed by atoms with Crippen LogP contribution in [0.4, 0.5) is 5.69 Å². The fourth-order valence-corrected chi connectivity index (χ4v) is 7.55. The molecule has 0 radical (unpaired) electrons. The number of carbonyl (C=O) groups excluding carboxylic acids is 2. The first-order chi connectivity index (χ1) is 15.2. The maximum absolute atomic E-state index is 13.5. The molecule has 2 aromatic carbocycles. The van der Waals surface area contributed by atoms with Gasteiger partial charge in [-0.25, -0.2) is 8.42 Å². The zero-order chi connectivity index (χ0) is 22.6. The number of thioether (sulfide) groups is 1. The highest BCUT2D eigenvalue weighted by atomic mass is 35.5. The molecule has 2 saturated heterocycles. The molecule has 0 aromatic heterocycles. The van der Waals surface area contributed by atoms with E-state index in [0.717, 1.165) is 23.0 Å². The van der Waals surface area contributed by atoms with Crippen LogP contribution in [0, 0.1) is 0 Å². The van der Waals surface area contributed by atoms with E-state index in [1.54, 1.807) is 17.0 Å². The molecule has 3 aliphatic heterocycles. The van der Waals surface area contributed by atoms with Gasteiger partial charge >= 0.3 is 0 Å². The number of fused-ring (bicyclic) bond motifs is 1. The second-order valence-electron chi connectivity index (χ2n) is 7.84. The van der Waals surface area contributed by atoms with Crippen LogP contribution in [0.2, 0.25) is 5.02 Å². The van der Waals surface area contributed by atoms with Gasteiger partial charge in [0.05, 0.1) is 40.3 Å². The first-order valence-electron chi connectivity index (χ1n) is 9.91. The minimum Gasteiger partial charge on any atom is -0.303 e. The molecule has 10 heteroatoms. The Balaban J connectivity index is 1.53. The molecule has 0 N–H and O–H groups in total. The summed E-state index contributed by atoms with van der Waals surface area (Å²) in [6.45, 7) is 0.331. The fraction of sp³-hybridized carbons (Fsp3) is 0.227. The van der Waals surface area contributed by atoms with Gasteiger partial charge in [-0.05, 0) is 30.2 Å². The van der Waals surface area contributed by atoms with E-state index in [-0.39, 0.29) is 22.3 Å². The lowest BCUT2D eigenvalue weighted by atomic mass is 10.1. The number of amides is 2. The molecule has 0 aliphatic carbocycles. The molecular weight excluding hydrogens is 488 g/mol. The normalized spacial score (nSPS) is 24.5. The van der Waals surface area contributed by atoms with Crippen molar-refractivity contribution in [2.45, 2.75) is 19.0 Å². The third kappa shape index (κ3) is 3.67. The molecule has 164 valence electrons. The highest BCUT2D eigenvalue weighted by Gasteiger charge is 2.46. The van der Waals surface area contributed by atoms with Gasteiger partial charge < -0.3 is 4.90 Å². The van der Waals surface area contributed by atoms with Crippen molar-refractivity contribution in [3.8, 4) is 0 Å². The van der Waals surface area contributed by atoms with Gasteiger partial charge in [-0.1, -0.05) is 65.9 Å². The lowest BCUT2D eigenvalue weighted by Crippen LogP contribution is -2.39. The molecule has 2 amide bonds. The van der Waals surface area contributed by atoms with E-state index in [4.69, 9.17) is 23.8 Å². The van der Waals surface area contributed by atoms with Crippen LogP contribution in [0.25, 0.3) is 5.57 Å². The standard InChI is InChI=1S/C22H17ClN2O4S3/c23-14-7-5-13(6-8-14)11-24-17-4-2-1-3-16(17)18(20(24)26)19-21(27)25(22(30)31-19)15-9-10-32(28,29)12-15/h1-8,15H,9-12H2. The number of halogens is 1. The van der Waals surface area contributed by atoms with E-state index in [1.807, 2.05) is 36.4 Å². The second kappa shape index (κ2) is 7.98. The largest absolute Gasteiger partial charge is 0.303 e. The summed E-state index contributed by atoms with van der Waals surface area (Å²) in [5, 5.41) is 0.611. The number of sulfone groups is 1. The average molecular weight is 505 g/mol. The number of anilines is 1. The van der Waals surface area contributed by atoms with Crippen LogP contribution < -0.4 is 4.90 Å². The van der Waals surface area contributed by atoms with Crippen molar-refractivity contribution in [1.82, 2.24) is 4.90 Å². The van der Waals surface area contributed by atoms with Crippen molar-refractivity contribution < 1.29 is 18.0 Å². The molecule has 1 unspecified atom stereocenters. The third-order valence-electron chi connectivity index (χ3n) is 5.78. The highest BCUT2D eigenvalue weighted by Crippen LogP contribution is 2.46. The first kappa shape index (κ1) is 21.6. The van der Waals surface area contributed by atoms with Crippen LogP contribution in [0.1, 0.15) is 17.5 Å². The van der Waals surface area contributed by atoms with Crippen molar-refractivity contribution in [1.29, 1.82) is 0 Å². The maximum atomic E-state index is 13.5. The Labute approximate surface area is 200 Å². The lowest BCUT2D eigenvalue weighted by Gasteiger charge is -2.21. The first-order valence-corrected chi connectivity index (χ1v) is 13.3. The van der Waals surface area contributed by atoms with Gasteiger partial charge in [0, 0.05) is 10.6 Å². The van der Waals surface area contributed by atoms with Crippen molar-refractivity contribution >= 4 is 72.8 Å². The van der Waals surface area contributed by atoms with Crippen LogP contribution in [-0.2, 0) is 26.0 Å². The number of hydrogen-bond donors (Lipinski definition) is 0. The van der Waals surface area contributed by atoms with Gasteiger partial charge in [-0.2, -0.15) is 0 Å². The molecule has 6 nitrogen and oxygen atoms in total. The van der Waals surface area contributed by atoms with Crippen molar-refractivity contribution in [2.75, 3.05) is 16.4 Å². The minimum atomic E-state index is -3.19. The van der Waals surface area contributed by atoms with Crippen LogP contribution in [0.5, 0.6) is 0 Å². The van der Waals surface area contributed by atoms with E-state index < -0.39 is 21.8 Å². The van der Waals surface area contributed by atoms with Gasteiger partial charge in [0.2, 0.25) is 0 Å². The molecule has 0 spiro atoms. The van der Waals surface area contributed by atoms with Crippen molar-refractivity contribution in [3.63, 3.8) is 0 Å². The second-order valence-corrected chi connectivity index (χ2v) is 12.1. The summed E-state index contributed by atoms with van der Waals surface area (Å²) in [7, 11) is -3.19. The third-order valence-corrected chi connectivity index (χ3v) is 9.18. The monoisotopic (exact) mass is 504 g/mol. The minimum absolute atomic E-state index is 0.0390. The Morgan fingerprint density at radius 1 is 1.06 bits per heavy atom. The molecular formula is C22H17ClN2O4S3. The van der Waals surface area contributed by atoms with E-state index in [1.165, 1.54) is 4.90 Å². The van der Waals surface area contributed by atoms with Crippen LogP contribution in [-0.4, -0.2) is 47.0 Å². The Bertz CT molecular complexity index is 1300. The number of rotatable bonds is 3. The summed E-state index contributed by atoms with van der Waals surface area (Å²) in [6, 6.07) is 14.1. The van der Waals surface area contributed by atoms with Crippen LogP contribution in [0.3, 0.4) is 0 Å². The van der Waals surface area contributed by atoms with Gasteiger partial charge in [0.15, 0.2) is 9.84 Å². The summed E-state index contributed by atoms with van der Waals surface area (Å²) < 4.78 is 24.2. The predicted molar refractivity (Wildman–Crippen MR) is 130 cm³/mol. The summed E-state index contributed by atoms with van der Waals surface area (Å²) in [5.74, 6) is -0.735. The molecule has 3 heterocycles. The Morgan fingerprint density at radius 2 is 1.78 bits per heavy atom. The molecule has 3 aliphatic rings. The van der Waals surface area contributed by atoms with E-state index in [9.17, 15) is 18.0 Å². The maximum Gasteiger partial charge on any atom is 0.267 e. The van der Waals surface area contributed by atoms with Crippen LogP contribution >= 0.6 is 35.6 Å². The van der Waals surface area contributed by atoms with Crippen LogP contribution in [0.15, 0.2) is 53.4 Å². The zero-order valence-electron chi connectivity index (χ0n) is 16.7. The number of thiocarbonyl (C=S) groups is 1. The number of carbonyl (C=O) groups is 2. The number of para-hydroxylation sites is 1. The zero-order valence-corrected chi connectivity index (χ0v) is 19.9. The number of hydrogen-bond acceptors (Lipinski definition) is 6. The summed E-state index contributed by atoms with van der Waals surface area (Å²) in [4.78, 5) is 30.1. The Kier molecular flexibility index (Phi) is 5.40. The molecule has 32 heavy (non-hydrogen) atoms. The Morgan fingerprint density at radius 3 is 2.47 bits per heavy atom. The van der Waals surface area contributed by atoms with Gasteiger partial charge in [-0.15, -0.1) is 0 Å². The Hall–Kier alpha value is -2.20. The van der Waals surface area contributed by atoms with Gasteiger partial charge in [0.1, 0.15) is 4.32 Å². The topological polar surface area (TPSA) is 74.8 Å². The smallest absolute Gasteiger partial charge is 0.267 e. The summed E-state index contributed by atoms with van der Waals surface area (Å²) >= 11 is 12.5. The van der Waals surface area contributed by atoms with E-state index in [0.29, 0.717) is 33.4 Å². The van der Waals surface area contributed by atoms with Gasteiger partial charge in [0.25, 0.3) is 11.8 Å². The molecule has 5 rings (SSSR count). The van der Waals surface area contributed by atoms with Crippen molar-refractivity contribution in [2.24, 2.45) is 0 Å². The quantitative estimate of drug-likeness (QED) is 0.469. The molecule has 0 saturated carbocycles. The average Bonchev–Trinajstić information content (AvgIpc) is 3.35. The van der Waals surface area contributed by atoms with Crippen molar-refractivity contribution in [3.05, 3.63) is 69.6 Å². The molecule has 2 aromatic rings. The SMILES string of the molecule is O=C1C(=C2SC(=S)N(C3CCS(=O)(=O)C3)C2=O)c2ccccc2N1Cc1ccc(Cl)cc1. The number of nitrogens with zero attached hydrogens (tertiary/aromatic N) is 2. The summed E-state index contributed by atoms with van der Waals surface area (Å²) in [6.07, 6.45) is 0.352. The highest BCUT2D eigenvalue weighted by molar-refractivity contribution is 8.26. The van der Waals surface area contributed by atoms with E-state index in [2.05, 4.69) is 0 Å². The lowest BCUT2D eigenvalue weighted by molar-refractivity contribution is -0.123. The molecule has 1 atom stereocenters. The number of benzene rings is 2.